The fraction of sp³-hybridized carbons (Fsp3) is 0.0741. The molecule has 2 heterocycles. The van der Waals surface area contributed by atoms with Gasteiger partial charge in [-0.2, -0.15) is 0 Å². The normalized spacial score (nSPS) is 12.7. The third-order valence-electron chi connectivity index (χ3n) is 5.75. The molecule has 0 unspecified atom stereocenters. The minimum Gasteiger partial charge on any atom is -0.312 e. The van der Waals surface area contributed by atoms with Gasteiger partial charge in [0.1, 0.15) is 23.9 Å². The number of hydrogen-bond donors (Lipinski definition) is 1. The van der Waals surface area contributed by atoms with Gasteiger partial charge in [-0.15, -0.1) is 0 Å². The first kappa shape index (κ1) is 21.3. The predicted octanol–water partition coefficient (Wildman–Crippen LogP) is 4.80. The lowest BCUT2D eigenvalue weighted by Gasteiger charge is -2.18. The van der Waals surface area contributed by atoms with Gasteiger partial charge in [0, 0.05) is 22.4 Å². The van der Waals surface area contributed by atoms with Crippen LogP contribution in [-0.4, -0.2) is 32.8 Å². The van der Waals surface area contributed by atoms with Crippen LogP contribution in [0.3, 0.4) is 0 Å². The fourth-order valence-corrected chi connectivity index (χ4v) is 4.05. The Kier molecular flexibility index (Phi) is 5.51. The number of carbonyl (C=O) groups is 2. The number of amides is 2. The topological polar surface area (TPSA) is 67.2 Å². The van der Waals surface area contributed by atoms with E-state index in [4.69, 9.17) is 0 Å². The van der Waals surface area contributed by atoms with Crippen molar-refractivity contribution in [2.24, 2.45) is 0 Å². The summed E-state index contributed by atoms with van der Waals surface area (Å²) in [6.45, 7) is 4.29. The Morgan fingerprint density at radius 1 is 0.941 bits per heavy atom. The molecule has 0 bridgehead atoms. The molecule has 5 rings (SSSR count). The summed E-state index contributed by atoms with van der Waals surface area (Å²) in [7, 11) is 0. The Balaban J connectivity index is 1.43. The van der Waals surface area contributed by atoms with E-state index in [9.17, 15) is 14.0 Å². The molecule has 0 radical (unpaired) electrons. The molecule has 4 aromatic rings. The van der Waals surface area contributed by atoms with Crippen molar-refractivity contribution >= 4 is 23.3 Å². The molecule has 1 aliphatic rings. The van der Waals surface area contributed by atoms with Gasteiger partial charge in [0.15, 0.2) is 0 Å². The highest BCUT2D eigenvalue weighted by molar-refractivity contribution is 6.11. The maximum Gasteiger partial charge on any atom is 0.259 e. The molecule has 168 valence electrons. The maximum atomic E-state index is 13.5. The Hall–Kier alpha value is -4.52. The molecule has 34 heavy (non-hydrogen) atoms. The number of rotatable bonds is 6. The highest BCUT2D eigenvalue weighted by atomic mass is 19.1. The van der Waals surface area contributed by atoms with Gasteiger partial charge >= 0.3 is 0 Å². The van der Waals surface area contributed by atoms with E-state index in [1.807, 2.05) is 47.0 Å². The molecule has 3 aromatic carbocycles. The van der Waals surface area contributed by atoms with E-state index in [0.717, 1.165) is 11.1 Å². The van der Waals surface area contributed by atoms with Crippen LogP contribution in [0, 0.1) is 5.82 Å². The highest BCUT2D eigenvalue weighted by Gasteiger charge is 2.32. The van der Waals surface area contributed by atoms with Crippen molar-refractivity contribution in [2.45, 2.75) is 6.54 Å². The average Bonchev–Trinajstić information content (AvgIpc) is 3.34. The summed E-state index contributed by atoms with van der Waals surface area (Å²) < 4.78 is 15.3. The summed E-state index contributed by atoms with van der Waals surface area (Å²) >= 11 is 0. The maximum absolute atomic E-state index is 13.5. The molecule has 7 heteroatoms. The lowest BCUT2D eigenvalue weighted by atomic mass is 10.1. The first-order chi connectivity index (χ1) is 16.5. The first-order valence-corrected chi connectivity index (χ1v) is 10.8. The number of nitrogens with one attached hydrogen (secondary N) is 1. The lowest BCUT2D eigenvalue weighted by Crippen LogP contribution is -2.33. The number of fused-ring (bicyclic) bond motifs is 1. The van der Waals surface area contributed by atoms with E-state index in [0.29, 0.717) is 34.9 Å². The van der Waals surface area contributed by atoms with Gasteiger partial charge in [-0.25, -0.2) is 9.37 Å². The van der Waals surface area contributed by atoms with Crippen LogP contribution in [0.4, 0.5) is 10.2 Å². The van der Waals surface area contributed by atoms with Crippen molar-refractivity contribution in [1.29, 1.82) is 0 Å². The molecular formula is C27H21FN4O2. The number of halogens is 1. The smallest absolute Gasteiger partial charge is 0.259 e. The number of benzene rings is 3. The minimum absolute atomic E-state index is 0.189. The first-order valence-electron chi connectivity index (χ1n) is 10.8. The van der Waals surface area contributed by atoms with Crippen LogP contribution in [0.25, 0.3) is 17.0 Å². The number of anilines is 1. The highest BCUT2D eigenvalue weighted by Crippen LogP contribution is 2.32. The van der Waals surface area contributed by atoms with E-state index in [-0.39, 0.29) is 24.2 Å². The number of nitrogens with zero attached hydrogens (tertiary/aromatic N) is 3. The Morgan fingerprint density at radius 3 is 2.32 bits per heavy atom. The minimum atomic E-state index is -0.388. The summed E-state index contributed by atoms with van der Waals surface area (Å²) in [6.07, 6.45) is 1.64. The molecule has 0 aliphatic carbocycles. The summed E-state index contributed by atoms with van der Waals surface area (Å²) in [4.78, 5) is 31.8. The van der Waals surface area contributed by atoms with E-state index in [2.05, 4.69) is 16.9 Å². The van der Waals surface area contributed by atoms with Gasteiger partial charge in [0.2, 0.25) is 5.91 Å². The van der Waals surface area contributed by atoms with Gasteiger partial charge in [-0.05, 0) is 35.9 Å². The lowest BCUT2D eigenvalue weighted by molar-refractivity contribution is -0.116. The van der Waals surface area contributed by atoms with Gasteiger partial charge in [-0.3, -0.25) is 14.5 Å². The zero-order valence-electron chi connectivity index (χ0n) is 18.2. The van der Waals surface area contributed by atoms with Crippen molar-refractivity contribution in [1.82, 2.24) is 14.5 Å². The van der Waals surface area contributed by atoms with Crippen LogP contribution in [-0.2, 0) is 11.3 Å². The van der Waals surface area contributed by atoms with Gasteiger partial charge < -0.3 is 9.88 Å². The Labute approximate surface area is 196 Å². The molecule has 0 saturated carbocycles. The van der Waals surface area contributed by atoms with Crippen molar-refractivity contribution in [3.63, 3.8) is 0 Å². The van der Waals surface area contributed by atoms with Crippen molar-refractivity contribution < 1.29 is 14.0 Å². The summed E-state index contributed by atoms with van der Waals surface area (Å²) in [6, 6.07) is 22.8. The second-order valence-corrected chi connectivity index (χ2v) is 7.99. The van der Waals surface area contributed by atoms with Gasteiger partial charge in [-0.1, -0.05) is 55.1 Å². The van der Waals surface area contributed by atoms with Crippen molar-refractivity contribution in [3.05, 3.63) is 114 Å². The molecule has 1 aromatic heterocycles. The second-order valence-electron chi connectivity index (χ2n) is 7.99. The molecule has 1 N–H and O–H groups in total. The van der Waals surface area contributed by atoms with Crippen molar-refractivity contribution in [3.8, 4) is 11.3 Å². The molecule has 0 fully saturated rings. The second kappa shape index (κ2) is 8.78. The summed E-state index contributed by atoms with van der Waals surface area (Å²) in [5.74, 6) is -0.535. The third kappa shape index (κ3) is 3.99. The molecule has 2 amide bonds. The standard InChI is InChI=1S/C27H21FN4O2/c1-18-22-9-5-6-10-23(22)27(34)32(18)16-24(33)30-26-25(20-11-13-21(28)14-12-20)29-17-31(26)15-19-7-3-2-4-8-19/h2-14,17H,1,15-16H2,(H,30,33). The summed E-state index contributed by atoms with van der Waals surface area (Å²) in [5.41, 5.74) is 3.95. The van der Waals surface area contributed by atoms with Crippen LogP contribution in [0.2, 0.25) is 0 Å². The SMILES string of the molecule is C=C1c2ccccc2C(=O)N1CC(=O)Nc1c(-c2ccc(F)cc2)ncn1Cc1ccccc1. The van der Waals surface area contributed by atoms with Gasteiger partial charge in [0.25, 0.3) is 5.91 Å². The number of imidazole rings is 1. The van der Waals surface area contributed by atoms with E-state index in [1.165, 1.54) is 17.0 Å². The zero-order valence-corrected chi connectivity index (χ0v) is 18.2. The average molecular weight is 452 g/mol. The molecular weight excluding hydrogens is 431 g/mol. The third-order valence-corrected chi connectivity index (χ3v) is 5.75. The fourth-order valence-electron chi connectivity index (χ4n) is 4.05. The van der Waals surface area contributed by atoms with Crippen LogP contribution >= 0.6 is 0 Å². The van der Waals surface area contributed by atoms with E-state index < -0.39 is 0 Å². The van der Waals surface area contributed by atoms with Crippen LogP contribution in [0.15, 0.2) is 91.8 Å². The molecule has 0 atom stereocenters. The van der Waals surface area contributed by atoms with Gasteiger partial charge in [0.05, 0.1) is 12.9 Å². The molecule has 0 spiro atoms. The number of aromatic nitrogens is 2. The molecule has 6 nitrogen and oxygen atoms in total. The quantitative estimate of drug-likeness (QED) is 0.457. The van der Waals surface area contributed by atoms with Crippen LogP contribution in [0.1, 0.15) is 21.5 Å². The molecule has 1 aliphatic heterocycles. The van der Waals surface area contributed by atoms with Crippen LogP contribution < -0.4 is 5.32 Å². The van der Waals surface area contributed by atoms with Crippen molar-refractivity contribution in [2.75, 3.05) is 11.9 Å². The van der Waals surface area contributed by atoms with Crippen LogP contribution in [0.5, 0.6) is 0 Å². The Morgan fingerprint density at radius 2 is 1.62 bits per heavy atom. The number of carbonyl (C=O) groups excluding carboxylic acids is 2. The zero-order chi connectivity index (χ0) is 23.7. The monoisotopic (exact) mass is 452 g/mol. The van der Waals surface area contributed by atoms with E-state index >= 15 is 0 Å². The van der Waals surface area contributed by atoms with E-state index in [1.54, 1.807) is 30.6 Å². The predicted molar refractivity (Wildman–Crippen MR) is 128 cm³/mol. The largest absolute Gasteiger partial charge is 0.312 e. The molecule has 0 saturated heterocycles. The Bertz CT molecular complexity index is 1360. The number of hydrogen-bond acceptors (Lipinski definition) is 3. The summed E-state index contributed by atoms with van der Waals surface area (Å²) in [5, 5.41) is 2.92.